The minimum absolute atomic E-state index is 0.0871. The molecule has 2 aromatic rings. The number of carbonyl (C=O) groups is 2. The molecule has 2 amide bonds. The third-order valence-corrected chi connectivity index (χ3v) is 4.33. The highest BCUT2D eigenvalue weighted by atomic mass is 16.7. The van der Waals surface area contributed by atoms with Gasteiger partial charge < -0.3 is 19.7 Å². The number of anilines is 2. The van der Waals surface area contributed by atoms with Crippen LogP contribution in [0.2, 0.25) is 0 Å². The summed E-state index contributed by atoms with van der Waals surface area (Å²) in [5.41, 5.74) is 1.72. The van der Waals surface area contributed by atoms with E-state index in [-0.39, 0.29) is 25.0 Å². The largest absolute Gasteiger partial charge is 0.454 e. The monoisotopic (exact) mass is 339 g/mol. The van der Waals surface area contributed by atoms with Gasteiger partial charge in [-0.05, 0) is 30.7 Å². The van der Waals surface area contributed by atoms with Crippen LogP contribution in [0.3, 0.4) is 0 Å². The fraction of sp³-hybridized carbons (Fsp3) is 0.278. The second-order valence-electron chi connectivity index (χ2n) is 6.15. The van der Waals surface area contributed by atoms with E-state index in [9.17, 15) is 9.59 Å². The first-order valence-electron chi connectivity index (χ1n) is 8.04. The van der Waals surface area contributed by atoms with Gasteiger partial charge in [0.15, 0.2) is 11.5 Å². The number of ether oxygens (including phenoxy) is 2. The van der Waals surface area contributed by atoms with E-state index in [4.69, 9.17) is 9.47 Å². The third-order valence-electron chi connectivity index (χ3n) is 4.33. The lowest BCUT2D eigenvalue weighted by atomic mass is 10.1. The van der Waals surface area contributed by atoms with E-state index in [1.807, 2.05) is 13.0 Å². The summed E-state index contributed by atoms with van der Waals surface area (Å²) in [6.45, 7) is 2.44. The van der Waals surface area contributed by atoms with Crippen molar-refractivity contribution in [2.24, 2.45) is 5.92 Å². The molecule has 0 saturated carbocycles. The summed E-state index contributed by atoms with van der Waals surface area (Å²) in [5.74, 6) is 1.06. The summed E-state index contributed by atoms with van der Waals surface area (Å²) < 4.78 is 10.6. The van der Waals surface area contributed by atoms with E-state index in [1.165, 1.54) is 0 Å². The number of amides is 2. The SMILES string of the molecule is Cc1ccc(NC(=O)[C@H]2CC(=O)N(c3ccc4c(c3)OCO4)C2)nc1. The van der Waals surface area contributed by atoms with Crippen LogP contribution in [0.25, 0.3) is 0 Å². The van der Waals surface area contributed by atoms with Gasteiger partial charge in [0.1, 0.15) is 5.82 Å². The fourth-order valence-corrected chi connectivity index (χ4v) is 2.96. The Morgan fingerprint density at radius 1 is 1.24 bits per heavy atom. The van der Waals surface area contributed by atoms with Gasteiger partial charge in [0.2, 0.25) is 18.6 Å². The van der Waals surface area contributed by atoms with E-state index in [0.717, 1.165) is 5.56 Å². The summed E-state index contributed by atoms with van der Waals surface area (Å²) in [6.07, 6.45) is 1.86. The topological polar surface area (TPSA) is 80.8 Å². The van der Waals surface area contributed by atoms with Crippen molar-refractivity contribution in [1.29, 1.82) is 0 Å². The van der Waals surface area contributed by atoms with Crippen LogP contribution in [0.1, 0.15) is 12.0 Å². The summed E-state index contributed by atoms with van der Waals surface area (Å²) in [4.78, 5) is 30.5. The number of carbonyl (C=O) groups excluding carboxylic acids is 2. The lowest BCUT2D eigenvalue weighted by Gasteiger charge is -2.17. The quantitative estimate of drug-likeness (QED) is 0.926. The van der Waals surface area contributed by atoms with Crippen LogP contribution in [0, 0.1) is 12.8 Å². The van der Waals surface area contributed by atoms with Crippen LogP contribution in [-0.2, 0) is 9.59 Å². The second kappa shape index (κ2) is 6.08. The number of rotatable bonds is 3. The number of nitrogens with zero attached hydrogens (tertiary/aromatic N) is 2. The normalized spacial score (nSPS) is 18.5. The van der Waals surface area contributed by atoms with Gasteiger partial charge in [0.25, 0.3) is 0 Å². The molecule has 0 unspecified atom stereocenters. The molecule has 128 valence electrons. The molecule has 0 aliphatic carbocycles. The Kier molecular flexibility index (Phi) is 3.76. The van der Waals surface area contributed by atoms with Crippen LogP contribution < -0.4 is 19.7 Å². The molecule has 1 N–H and O–H groups in total. The Labute approximate surface area is 144 Å². The van der Waals surface area contributed by atoms with Crippen molar-refractivity contribution in [1.82, 2.24) is 4.98 Å². The summed E-state index contributed by atoms with van der Waals surface area (Å²) in [7, 11) is 0. The molecule has 0 spiro atoms. The van der Waals surface area contributed by atoms with Gasteiger partial charge in [0.05, 0.1) is 5.92 Å². The van der Waals surface area contributed by atoms with Crippen molar-refractivity contribution in [3.63, 3.8) is 0 Å². The second-order valence-corrected chi connectivity index (χ2v) is 6.15. The van der Waals surface area contributed by atoms with Crippen LogP contribution in [0.15, 0.2) is 36.5 Å². The number of fused-ring (bicyclic) bond motifs is 1. The van der Waals surface area contributed by atoms with Crippen LogP contribution in [0.4, 0.5) is 11.5 Å². The number of hydrogen-bond donors (Lipinski definition) is 1. The average molecular weight is 339 g/mol. The van der Waals surface area contributed by atoms with Crippen LogP contribution in [0.5, 0.6) is 11.5 Å². The van der Waals surface area contributed by atoms with Gasteiger partial charge in [-0.15, -0.1) is 0 Å². The Bertz CT molecular complexity index is 835. The molecule has 3 heterocycles. The maximum atomic E-state index is 12.4. The number of hydrogen-bond acceptors (Lipinski definition) is 5. The molecule has 25 heavy (non-hydrogen) atoms. The summed E-state index contributed by atoms with van der Waals surface area (Å²) in [5, 5.41) is 2.77. The predicted molar refractivity (Wildman–Crippen MR) is 90.6 cm³/mol. The van der Waals surface area contributed by atoms with Gasteiger partial charge in [-0.25, -0.2) is 4.98 Å². The van der Waals surface area contributed by atoms with E-state index in [2.05, 4.69) is 10.3 Å². The number of nitrogens with one attached hydrogen (secondary N) is 1. The fourth-order valence-electron chi connectivity index (χ4n) is 2.96. The highest BCUT2D eigenvalue weighted by Crippen LogP contribution is 2.37. The Morgan fingerprint density at radius 2 is 2.08 bits per heavy atom. The number of benzene rings is 1. The molecule has 0 bridgehead atoms. The van der Waals surface area contributed by atoms with Crippen molar-refractivity contribution in [2.45, 2.75) is 13.3 Å². The van der Waals surface area contributed by atoms with Crippen molar-refractivity contribution in [3.8, 4) is 11.5 Å². The predicted octanol–water partition coefficient (Wildman–Crippen LogP) is 2.11. The van der Waals surface area contributed by atoms with Gasteiger partial charge >= 0.3 is 0 Å². The molecule has 1 aromatic carbocycles. The van der Waals surface area contributed by atoms with E-state index < -0.39 is 5.92 Å². The zero-order valence-corrected chi connectivity index (χ0v) is 13.7. The third kappa shape index (κ3) is 3.00. The molecule has 7 heteroatoms. The smallest absolute Gasteiger partial charge is 0.231 e. The Hall–Kier alpha value is -3.09. The molecule has 1 aromatic heterocycles. The highest BCUT2D eigenvalue weighted by Gasteiger charge is 2.35. The molecule has 2 aliphatic heterocycles. The van der Waals surface area contributed by atoms with Gasteiger partial charge in [-0.3, -0.25) is 9.59 Å². The first kappa shape index (κ1) is 15.4. The van der Waals surface area contributed by atoms with E-state index in [0.29, 0.717) is 29.5 Å². The first-order chi connectivity index (χ1) is 12.1. The lowest BCUT2D eigenvalue weighted by Crippen LogP contribution is -2.28. The molecule has 1 saturated heterocycles. The Balaban J connectivity index is 1.46. The average Bonchev–Trinajstić information content (AvgIpc) is 3.22. The molecule has 2 aliphatic rings. The van der Waals surface area contributed by atoms with Crippen molar-refractivity contribution in [2.75, 3.05) is 23.6 Å². The van der Waals surface area contributed by atoms with Crippen LogP contribution >= 0.6 is 0 Å². The maximum absolute atomic E-state index is 12.4. The Morgan fingerprint density at radius 3 is 2.88 bits per heavy atom. The minimum Gasteiger partial charge on any atom is -0.454 e. The number of aromatic nitrogens is 1. The first-order valence-corrected chi connectivity index (χ1v) is 8.04. The van der Waals surface area contributed by atoms with Crippen LogP contribution in [-0.4, -0.2) is 30.1 Å². The number of pyridine rings is 1. The zero-order chi connectivity index (χ0) is 17.4. The minimum atomic E-state index is -0.416. The zero-order valence-electron chi connectivity index (χ0n) is 13.7. The molecule has 0 radical (unpaired) electrons. The van der Waals surface area contributed by atoms with Crippen molar-refractivity contribution < 1.29 is 19.1 Å². The van der Waals surface area contributed by atoms with E-state index >= 15 is 0 Å². The molecule has 1 atom stereocenters. The van der Waals surface area contributed by atoms with Crippen molar-refractivity contribution >= 4 is 23.3 Å². The number of aryl methyl sites for hydroxylation is 1. The lowest BCUT2D eigenvalue weighted by molar-refractivity contribution is -0.122. The standard InChI is InChI=1S/C18H17N3O4/c1-11-2-5-16(19-8-11)20-18(23)12-6-17(22)21(9-12)13-3-4-14-15(7-13)25-10-24-14/h2-5,7-8,12H,6,9-10H2,1H3,(H,19,20,23)/t12-/m0/s1. The summed E-state index contributed by atoms with van der Waals surface area (Å²) in [6, 6.07) is 8.96. The van der Waals surface area contributed by atoms with Gasteiger partial charge in [-0.2, -0.15) is 0 Å². The molecule has 1 fully saturated rings. The highest BCUT2D eigenvalue weighted by molar-refractivity contribution is 6.03. The molecule has 7 nitrogen and oxygen atoms in total. The molecular formula is C18H17N3O4. The summed E-state index contributed by atoms with van der Waals surface area (Å²) >= 11 is 0. The van der Waals surface area contributed by atoms with Gasteiger partial charge in [0, 0.05) is 30.9 Å². The van der Waals surface area contributed by atoms with Gasteiger partial charge in [-0.1, -0.05) is 6.07 Å². The maximum Gasteiger partial charge on any atom is 0.231 e. The molecular weight excluding hydrogens is 322 g/mol. The van der Waals surface area contributed by atoms with Crippen molar-refractivity contribution in [3.05, 3.63) is 42.1 Å². The molecule has 4 rings (SSSR count). The van der Waals surface area contributed by atoms with E-state index in [1.54, 1.807) is 35.4 Å².